The van der Waals surface area contributed by atoms with Gasteiger partial charge in [0.25, 0.3) is 0 Å². The van der Waals surface area contributed by atoms with Crippen molar-refractivity contribution in [1.29, 1.82) is 0 Å². The Balaban J connectivity index is 6.01. The summed E-state index contributed by atoms with van der Waals surface area (Å²) in [5.74, 6) is -4.63. The van der Waals surface area contributed by atoms with Gasteiger partial charge in [0.15, 0.2) is 5.96 Å². The van der Waals surface area contributed by atoms with E-state index >= 15 is 0 Å². The van der Waals surface area contributed by atoms with Crippen molar-refractivity contribution in [3.05, 3.63) is 0 Å². The Morgan fingerprint density at radius 2 is 1.12 bits per heavy atom. The normalized spacial score (nSPS) is 14.5. The number of amides is 4. The van der Waals surface area contributed by atoms with Crippen molar-refractivity contribution in [2.45, 2.75) is 95.4 Å². The van der Waals surface area contributed by atoms with Crippen LogP contribution in [0.15, 0.2) is 4.99 Å². The van der Waals surface area contributed by atoms with Crippen molar-refractivity contribution in [3.8, 4) is 0 Å². The predicted octanol–water partition coefficient (Wildman–Crippen LogP) is -3.70. The van der Waals surface area contributed by atoms with Crippen LogP contribution in [-0.4, -0.2) is 102 Å². The number of guanidine groups is 1. The van der Waals surface area contributed by atoms with Crippen LogP contribution in [0.2, 0.25) is 0 Å². The van der Waals surface area contributed by atoms with E-state index in [0.717, 1.165) is 0 Å². The van der Waals surface area contributed by atoms with Crippen LogP contribution >= 0.6 is 0 Å². The third kappa shape index (κ3) is 16.6. The molecule has 0 aliphatic heterocycles. The van der Waals surface area contributed by atoms with E-state index < -0.39 is 72.3 Å². The summed E-state index contributed by atoms with van der Waals surface area (Å²) in [6, 6.07) is -5.81. The lowest BCUT2D eigenvalue weighted by Crippen LogP contribution is -2.59. The predicted molar refractivity (Wildman–Crippen MR) is 161 cm³/mol. The van der Waals surface area contributed by atoms with Gasteiger partial charge in [-0.05, 0) is 70.4 Å². The van der Waals surface area contributed by atoms with E-state index in [1.54, 1.807) is 13.8 Å². The second-order valence-electron chi connectivity index (χ2n) is 10.6. The van der Waals surface area contributed by atoms with E-state index in [1.165, 1.54) is 0 Å². The molecule has 0 aromatic carbocycles. The van der Waals surface area contributed by atoms with Gasteiger partial charge < -0.3 is 60.1 Å². The molecule has 43 heavy (non-hydrogen) atoms. The maximum Gasteiger partial charge on any atom is 0.326 e. The second kappa shape index (κ2) is 22.1. The molecule has 0 bridgehead atoms. The Labute approximate surface area is 252 Å². The quantitative estimate of drug-likeness (QED) is 0.0300. The summed E-state index contributed by atoms with van der Waals surface area (Å²) in [7, 11) is 0. The van der Waals surface area contributed by atoms with E-state index in [2.05, 4.69) is 26.3 Å². The molecule has 17 heteroatoms. The fraction of sp³-hybridized carbons (Fsp3) is 0.769. The van der Waals surface area contributed by atoms with Crippen LogP contribution in [0.1, 0.15) is 65.2 Å². The topological polar surface area (TPSA) is 316 Å². The summed E-state index contributed by atoms with van der Waals surface area (Å²) in [4.78, 5) is 67.7. The van der Waals surface area contributed by atoms with E-state index in [0.29, 0.717) is 38.8 Å². The Hall–Kier alpha value is -3.54. The van der Waals surface area contributed by atoms with E-state index in [1.807, 2.05) is 0 Å². The maximum absolute atomic E-state index is 13.5. The molecule has 0 rings (SSSR count). The van der Waals surface area contributed by atoms with Crippen LogP contribution in [0.4, 0.5) is 0 Å². The SMILES string of the molecule is CC(C)[C@H](NC(=O)[C@H](CCCCN)NC(=O)[C@H](CCCN=C(N)N)NC(=O)[C@H](CCCCN)NC(=O)[C@@H](N)CO)C(=O)O. The number of carbonyl (C=O) groups is 5. The molecule has 0 unspecified atom stereocenters. The first-order chi connectivity index (χ1) is 20.3. The number of nitrogens with two attached hydrogens (primary N) is 5. The molecule has 0 aliphatic rings. The molecule has 17 nitrogen and oxygen atoms in total. The molecule has 0 radical (unpaired) electrons. The van der Waals surface area contributed by atoms with Crippen LogP contribution in [-0.2, 0) is 24.0 Å². The van der Waals surface area contributed by atoms with Gasteiger partial charge in [-0.3, -0.25) is 24.2 Å². The van der Waals surface area contributed by atoms with Crippen LogP contribution in [0.5, 0.6) is 0 Å². The molecule has 0 saturated heterocycles. The number of aliphatic hydroxyl groups is 1. The molecule has 16 N–H and O–H groups in total. The number of rotatable bonds is 23. The Bertz CT molecular complexity index is 915. The minimum absolute atomic E-state index is 0.0643. The summed E-state index contributed by atoms with van der Waals surface area (Å²) in [5, 5.41) is 28.9. The van der Waals surface area contributed by atoms with Gasteiger partial charge in [0.1, 0.15) is 30.2 Å². The third-order valence-electron chi connectivity index (χ3n) is 6.50. The molecular formula is C26H52N10O7. The number of nitrogens with zero attached hydrogens (tertiary/aromatic N) is 1. The second-order valence-corrected chi connectivity index (χ2v) is 10.6. The summed E-state index contributed by atoms with van der Waals surface area (Å²) >= 11 is 0. The fourth-order valence-electron chi connectivity index (χ4n) is 3.97. The summed E-state index contributed by atoms with van der Waals surface area (Å²) in [5.41, 5.74) is 27.5. The van der Waals surface area contributed by atoms with Crippen LogP contribution < -0.4 is 49.9 Å². The highest BCUT2D eigenvalue weighted by Gasteiger charge is 2.32. The van der Waals surface area contributed by atoms with Crippen molar-refractivity contribution >= 4 is 35.6 Å². The van der Waals surface area contributed by atoms with Crippen molar-refractivity contribution in [3.63, 3.8) is 0 Å². The Morgan fingerprint density at radius 1 is 0.698 bits per heavy atom. The van der Waals surface area contributed by atoms with Gasteiger partial charge >= 0.3 is 5.97 Å². The fourth-order valence-corrected chi connectivity index (χ4v) is 3.97. The molecule has 5 atom stereocenters. The smallest absolute Gasteiger partial charge is 0.326 e. The number of carbonyl (C=O) groups excluding carboxylic acids is 4. The minimum atomic E-state index is -1.25. The minimum Gasteiger partial charge on any atom is -0.480 e. The lowest BCUT2D eigenvalue weighted by Gasteiger charge is -2.27. The molecule has 0 aromatic rings. The van der Waals surface area contributed by atoms with Crippen molar-refractivity contribution in [2.75, 3.05) is 26.2 Å². The highest BCUT2D eigenvalue weighted by molar-refractivity contribution is 5.95. The summed E-state index contributed by atoms with van der Waals surface area (Å²) < 4.78 is 0. The van der Waals surface area contributed by atoms with Gasteiger partial charge in [0, 0.05) is 6.54 Å². The van der Waals surface area contributed by atoms with E-state index in [9.17, 15) is 34.2 Å². The number of aliphatic hydroxyl groups excluding tert-OH is 1. The highest BCUT2D eigenvalue weighted by atomic mass is 16.4. The average Bonchev–Trinajstić information content (AvgIpc) is 2.95. The Kier molecular flexibility index (Phi) is 20.2. The number of carboxylic acid groups (broad SMARTS) is 1. The van der Waals surface area contributed by atoms with Gasteiger partial charge in [-0.1, -0.05) is 13.8 Å². The summed E-state index contributed by atoms with van der Waals surface area (Å²) in [6.07, 6.45) is 2.77. The van der Waals surface area contributed by atoms with Crippen molar-refractivity contribution < 1.29 is 34.2 Å². The average molecular weight is 617 g/mol. The van der Waals surface area contributed by atoms with Gasteiger partial charge in [-0.2, -0.15) is 0 Å². The lowest BCUT2D eigenvalue weighted by molar-refractivity contribution is -0.143. The van der Waals surface area contributed by atoms with Crippen LogP contribution in [0, 0.1) is 5.92 Å². The molecule has 4 amide bonds. The lowest BCUT2D eigenvalue weighted by atomic mass is 10.0. The zero-order valence-corrected chi connectivity index (χ0v) is 25.2. The first kappa shape index (κ1) is 39.5. The van der Waals surface area contributed by atoms with Crippen LogP contribution in [0.25, 0.3) is 0 Å². The largest absolute Gasteiger partial charge is 0.480 e. The van der Waals surface area contributed by atoms with Gasteiger partial charge in [0.05, 0.1) is 6.61 Å². The molecule has 0 spiro atoms. The third-order valence-corrected chi connectivity index (χ3v) is 6.50. The van der Waals surface area contributed by atoms with E-state index in [4.69, 9.17) is 28.7 Å². The van der Waals surface area contributed by atoms with Gasteiger partial charge in [-0.25, -0.2) is 4.79 Å². The van der Waals surface area contributed by atoms with Gasteiger partial charge in [0.2, 0.25) is 23.6 Å². The number of hydrogen-bond acceptors (Lipinski definition) is 10. The number of aliphatic imine (C=N–C) groups is 1. The molecular weight excluding hydrogens is 564 g/mol. The van der Waals surface area contributed by atoms with Crippen molar-refractivity contribution in [1.82, 2.24) is 21.3 Å². The number of carboxylic acids is 1. The molecule has 0 fully saturated rings. The first-order valence-corrected chi connectivity index (χ1v) is 14.5. The standard InChI is InChI=1S/C26H52N10O7/c1-15(2)20(25(42)43)36-24(41)18(9-4-6-12-28)34-23(40)19(10-7-13-32-26(30)31)35-22(39)17(8-3-5-11-27)33-21(38)16(29)14-37/h15-20,37H,3-14,27-29H2,1-2H3,(H,33,38)(H,34,40)(H,35,39)(H,36,41)(H,42,43)(H4,30,31,32)/t16-,17-,18-,19-,20-/m0/s1. The Morgan fingerprint density at radius 3 is 1.49 bits per heavy atom. The monoisotopic (exact) mass is 616 g/mol. The maximum atomic E-state index is 13.5. The zero-order valence-electron chi connectivity index (χ0n) is 25.2. The van der Waals surface area contributed by atoms with E-state index in [-0.39, 0.29) is 38.2 Å². The molecule has 0 saturated carbocycles. The van der Waals surface area contributed by atoms with Gasteiger partial charge in [-0.15, -0.1) is 0 Å². The molecule has 248 valence electrons. The van der Waals surface area contributed by atoms with Crippen molar-refractivity contribution in [2.24, 2.45) is 39.6 Å². The zero-order chi connectivity index (χ0) is 32.9. The first-order valence-electron chi connectivity index (χ1n) is 14.5. The number of unbranched alkanes of at least 4 members (excludes halogenated alkanes) is 2. The summed E-state index contributed by atoms with van der Waals surface area (Å²) in [6.45, 7) is 3.51. The molecule has 0 aromatic heterocycles. The highest BCUT2D eigenvalue weighted by Crippen LogP contribution is 2.09. The van der Waals surface area contributed by atoms with Crippen LogP contribution in [0.3, 0.4) is 0 Å². The number of nitrogens with one attached hydrogen (secondary N) is 4. The number of aliphatic carboxylic acids is 1. The number of hydrogen-bond donors (Lipinski definition) is 11. The molecule has 0 heterocycles. The molecule has 0 aliphatic carbocycles.